The molecule has 1 aliphatic heterocycles. The number of sulfonamides is 1. The fourth-order valence-corrected chi connectivity index (χ4v) is 5.99. The number of amides is 1. The van der Waals surface area contributed by atoms with Crippen LogP contribution < -0.4 is 9.62 Å². The largest absolute Gasteiger partial charge is 0.325 e. The number of nitrogens with zero attached hydrogens (tertiary/aromatic N) is 2. The smallest absolute Gasteiger partial charge is 0.265 e. The summed E-state index contributed by atoms with van der Waals surface area (Å²) in [7, 11) is -3.88. The molecule has 0 unspecified atom stereocenters. The number of nitrogens with one attached hydrogen (secondary N) is 1. The highest BCUT2D eigenvalue weighted by Gasteiger charge is 2.35. The number of aromatic nitrogens is 1. The Bertz CT molecular complexity index is 1480. The molecule has 0 spiro atoms. The monoisotopic (exact) mass is 483 g/mol. The maximum absolute atomic E-state index is 13.5. The molecule has 0 fully saturated rings. The Balaban J connectivity index is 1.37. The lowest BCUT2D eigenvalue weighted by Gasteiger charge is -2.32. The van der Waals surface area contributed by atoms with E-state index < -0.39 is 15.9 Å². The van der Waals surface area contributed by atoms with Gasteiger partial charge in [0.05, 0.1) is 10.6 Å². The van der Waals surface area contributed by atoms with Crippen molar-refractivity contribution in [3.8, 4) is 11.1 Å². The van der Waals surface area contributed by atoms with Crippen LogP contribution in [0.3, 0.4) is 0 Å². The lowest BCUT2D eigenvalue weighted by molar-refractivity contribution is -0.114. The molecule has 1 aromatic heterocycles. The fraction of sp³-hybridized carbons (Fsp3) is 0.143. The van der Waals surface area contributed by atoms with E-state index in [0.717, 1.165) is 35.1 Å². The Morgan fingerprint density at radius 2 is 1.54 bits per heavy atom. The van der Waals surface area contributed by atoms with E-state index in [9.17, 15) is 13.2 Å². The lowest BCUT2D eigenvalue weighted by Crippen LogP contribution is -2.40. The van der Waals surface area contributed by atoms with Gasteiger partial charge >= 0.3 is 0 Å². The van der Waals surface area contributed by atoms with E-state index in [-0.39, 0.29) is 11.4 Å². The van der Waals surface area contributed by atoms with E-state index in [0.29, 0.717) is 16.9 Å². The van der Waals surface area contributed by atoms with Gasteiger partial charge in [0, 0.05) is 29.2 Å². The summed E-state index contributed by atoms with van der Waals surface area (Å²) in [4.78, 5) is 17.2. The molecule has 6 nitrogen and oxygen atoms in total. The van der Waals surface area contributed by atoms with Crippen molar-refractivity contribution in [2.24, 2.45) is 0 Å². The normalized spacial score (nSPS) is 13.6. The van der Waals surface area contributed by atoms with Crippen LogP contribution in [0.15, 0.2) is 96.2 Å². The molecular formula is C28H25N3O3S. The number of rotatable bonds is 6. The van der Waals surface area contributed by atoms with Gasteiger partial charge in [-0.05, 0) is 72.0 Å². The van der Waals surface area contributed by atoms with E-state index in [4.69, 9.17) is 0 Å². The predicted octanol–water partition coefficient (Wildman–Crippen LogP) is 5.05. The molecular weight excluding hydrogens is 458 g/mol. The maximum atomic E-state index is 13.5. The van der Waals surface area contributed by atoms with Gasteiger partial charge in [0.1, 0.15) is 6.54 Å². The second-order valence-corrected chi connectivity index (χ2v) is 10.3. The second-order valence-electron chi connectivity index (χ2n) is 8.49. The zero-order valence-corrected chi connectivity index (χ0v) is 20.1. The van der Waals surface area contributed by atoms with Crippen LogP contribution in [-0.4, -0.2) is 25.9 Å². The first kappa shape index (κ1) is 22.8. The van der Waals surface area contributed by atoms with Crippen molar-refractivity contribution >= 4 is 27.3 Å². The molecule has 0 aliphatic carbocycles. The number of carbonyl (C=O) groups excluding carboxylic acids is 1. The van der Waals surface area contributed by atoms with Gasteiger partial charge in [-0.2, -0.15) is 0 Å². The summed E-state index contributed by atoms with van der Waals surface area (Å²) in [5, 5.41) is 2.84. The fourth-order valence-electron chi connectivity index (χ4n) is 4.34. The number of aryl methyl sites for hydroxylation is 1. The van der Waals surface area contributed by atoms with Crippen LogP contribution in [0, 0.1) is 0 Å². The maximum Gasteiger partial charge on any atom is 0.265 e. The molecule has 35 heavy (non-hydrogen) atoms. The second kappa shape index (κ2) is 9.35. The molecule has 0 bridgehead atoms. The minimum absolute atomic E-state index is 0.217. The summed E-state index contributed by atoms with van der Waals surface area (Å²) < 4.78 is 28.1. The third-order valence-electron chi connectivity index (χ3n) is 6.17. The SMILES string of the molecule is CCc1ccc2c(c1)-c1ccccc1S(=O)(=O)N2CC(=O)Nc1ccc(Cc2ccncc2)cc1. The van der Waals surface area contributed by atoms with Crippen molar-refractivity contribution in [3.05, 3.63) is 108 Å². The molecule has 3 aromatic carbocycles. The van der Waals surface area contributed by atoms with Crippen molar-refractivity contribution in [1.29, 1.82) is 0 Å². The minimum atomic E-state index is -3.88. The van der Waals surface area contributed by atoms with Crippen molar-refractivity contribution in [2.75, 3.05) is 16.2 Å². The highest BCUT2D eigenvalue weighted by atomic mass is 32.2. The van der Waals surface area contributed by atoms with Crippen molar-refractivity contribution in [2.45, 2.75) is 24.7 Å². The molecule has 1 aliphatic rings. The molecule has 4 aromatic rings. The number of benzene rings is 3. The average Bonchev–Trinajstić information content (AvgIpc) is 2.88. The van der Waals surface area contributed by atoms with Gasteiger partial charge in [-0.1, -0.05) is 43.3 Å². The summed E-state index contributed by atoms with van der Waals surface area (Å²) >= 11 is 0. The van der Waals surface area contributed by atoms with Crippen LogP contribution in [0.1, 0.15) is 23.6 Å². The van der Waals surface area contributed by atoms with E-state index in [1.807, 2.05) is 60.7 Å². The highest BCUT2D eigenvalue weighted by molar-refractivity contribution is 7.93. The van der Waals surface area contributed by atoms with E-state index >= 15 is 0 Å². The quantitative estimate of drug-likeness (QED) is 0.416. The molecule has 176 valence electrons. The number of fused-ring (bicyclic) bond motifs is 3. The van der Waals surface area contributed by atoms with Gasteiger partial charge in [0.25, 0.3) is 10.0 Å². The number of pyridine rings is 1. The molecule has 7 heteroatoms. The van der Waals surface area contributed by atoms with Gasteiger partial charge in [-0.3, -0.25) is 14.1 Å². The average molecular weight is 484 g/mol. The zero-order chi connectivity index (χ0) is 24.4. The number of anilines is 2. The molecule has 1 amide bonds. The first-order chi connectivity index (χ1) is 17.0. The topological polar surface area (TPSA) is 79.4 Å². The Hall–Kier alpha value is -3.97. The van der Waals surface area contributed by atoms with Crippen LogP contribution >= 0.6 is 0 Å². The van der Waals surface area contributed by atoms with Gasteiger partial charge in [-0.15, -0.1) is 0 Å². The Morgan fingerprint density at radius 1 is 0.857 bits per heavy atom. The summed E-state index contributed by atoms with van der Waals surface area (Å²) in [6.45, 7) is 1.74. The van der Waals surface area contributed by atoms with Crippen LogP contribution in [-0.2, 0) is 27.7 Å². The molecule has 0 saturated heterocycles. The van der Waals surface area contributed by atoms with Crippen LogP contribution in [0.5, 0.6) is 0 Å². The van der Waals surface area contributed by atoms with Gasteiger partial charge < -0.3 is 5.32 Å². The van der Waals surface area contributed by atoms with Crippen molar-refractivity contribution in [3.63, 3.8) is 0 Å². The molecule has 0 saturated carbocycles. The Kier molecular flexibility index (Phi) is 6.09. The van der Waals surface area contributed by atoms with Crippen molar-refractivity contribution < 1.29 is 13.2 Å². The molecule has 1 N–H and O–H groups in total. The first-order valence-corrected chi connectivity index (χ1v) is 12.9. The van der Waals surface area contributed by atoms with E-state index in [1.165, 1.54) is 4.31 Å². The first-order valence-electron chi connectivity index (χ1n) is 11.5. The minimum Gasteiger partial charge on any atom is -0.325 e. The molecule has 0 atom stereocenters. The molecule has 2 heterocycles. The Labute approximate surface area is 205 Å². The number of hydrogen-bond donors (Lipinski definition) is 1. The summed E-state index contributed by atoms with van der Waals surface area (Å²) in [6.07, 6.45) is 5.12. The van der Waals surface area contributed by atoms with Gasteiger partial charge in [-0.25, -0.2) is 8.42 Å². The standard InChI is InChI=1S/C28H25N3O3S/c1-2-20-9-12-26-25(18-20)24-5-3-4-6-27(24)35(33,34)31(26)19-28(32)30-23-10-7-21(8-11-23)17-22-13-15-29-16-14-22/h3-16,18H,2,17,19H2,1H3,(H,30,32). The predicted molar refractivity (Wildman–Crippen MR) is 138 cm³/mol. The highest BCUT2D eigenvalue weighted by Crippen LogP contribution is 2.43. The lowest BCUT2D eigenvalue weighted by atomic mass is 9.99. The Morgan fingerprint density at radius 3 is 2.29 bits per heavy atom. The van der Waals surface area contributed by atoms with Gasteiger partial charge in [0.2, 0.25) is 5.91 Å². The van der Waals surface area contributed by atoms with Gasteiger partial charge in [0.15, 0.2) is 0 Å². The molecule has 0 radical (unpaired) electrons. The van der Waals surface area contributed by atoms with Crippen molar-refractivity contribution in [1.82, 2.24) is 4.98 Å². The number of carbonyl (C=O) groups is 1. The third-order valence-corrected chi connectivity index (χ3v) is 7.98. The van der Waals surface area contributed by atoms with E-state index in [2.05, 4.69) is 17.2 Å². The number of hydrogen-bond acceptors (Lipinski definition) is 4. The van der Waals surface area contributed by atoms with E-state index in [1.54, 1.807) is 30.6 Å². The molecule has 5 rings (SSSR count). The summed E-state index contributed by atoms with van der Waals surface area (Å²) in [5.74, 6) is -0.402. The zero-order valence-electron chi connectivity index (χ0n) is 19.3. The summed E-state index contributed by atoms with van der Waals surface area (Å²) in [6, 6.07) is 24.2. The van der Waals surface area contributed by atoms with Crippen LogP contribution in [0.4, 0.5) is 11.4 Å². The van der Waals surface area contributed by atoms with Crippen LogP contribution in [0.2, 0.25) is 0 Å². The summed E-state index contributed by atoms with van der Waals surface area (Å²) in [5.41, 5.74) is 5.98. The third kappa shape index (κ3) is 4.55. The van der Waals surface area contributed by atoms with Crippen LogP contribution in [0.25, 0.3) is 11.1 Å².